The molecular formula is C13H13BrN2OS. The molecule has 1 unspecified atom stereocenters. The van der Waals surface area contributed by atoms with Crippen molar-refractivity contribution in [3.05, 3.63) is 27.0 Å². The second kappa shape index (κ2) is 4.63. The smallest absolute Gasteiger partial charge is 0.153 e. The second-order valence-corrected chi connectivity index (χ2v) is 6.34. The monoisotopic (exact) mass is 324 g/mol. The Labute approximate surface area is 118 Å². The van der Waals surface area contributed by atoms with Crippen LogP contribution in [0.25, 0.3) is 11.3 Å². The molecule has 0 bridgehead atoms. The Morgan fingerprint density at radius 1 is 1.56 bits per heavy atom. The van der Waals surface area contributed by atoms with Gasteiger partial charge in [-0.15, -0.1) is 0 Å². The predicted molar refractivity (Wildman–Crippen MR) is 76.1 cm³/mol. The minimum absolute atomic E-state index is 0.384. The maximum absolute atomic E-state index is 11.2. The molecule has 3 nitrogen and oxygen atoms in total. The van der Waals surface area contributed by atoms with Crippen molar-refractivity contribution in [2.45, 2.75) is 25.8 Å². The number of hydrogen-bond donors (Lipinski definition) is 0. The Balaban J connectivity index is 2.03. The van der Waals surface area contributed by atoms with Gasteiger partial charge < -0.3 is 0 Å². The van der Waals surface area contributed by atoms with Gasteiger partial charge >= 0.3 is 0 Å². The molecule has 1 fully saturated rings. The Kier molecular flexibility index (Phi) is 3.11. The first kappa shape index (κ1) is 12.1. The molecule has 0 aromatic carbocycles. The summed E-state index contributed by atoms with van der Waals surface area (Å²) in [7, 11) is 0. The number of aromatic nitrogens is 2. The summed E-state index contributed by atoms with van der Waals surface area (Å²) in [5.74, 6) is 0.725. The highest BCUT2D eigenvalue weighted by Gasteiger charge is 2.30. The summed E-state index contributed by atoms with van der Waals surface area (Å²) in [6.07, 6.45) is 5.31. The standard InChI is InChI=1S/C13H13BrN2OS/c1-8(9-2-3-9)16-4-10(5-17)13(15-16)11-6-18-7-12(11)14/h4-9H,2-3H2,1H3. The largest absolute Gasteiger partial charge is 0.298 e. The highest BCUT2D eigenvalue weighted by molar-refractivity contribution is 9.10. The first-order valence-corrected chi connectivity index (χ1v) is 7.70. The van der Waals surface area contributed by atoms with Gasteiger partial charge in [0.05, 0.1) is 11.6 Å². The van der Waals surface area contributed by atoms with Gasteiger partial charge in [0.15, 0.2) is 6.29 Å². The van der Waals surface area contributed by atoms with Crippen molar-refractivity contribution in [1.82, 2.24) is 9.78 Å². The summed E-state index contributed by atoms with van der Waals surface area (Å²) in [6.45, 7) is 2.17. The number of halogens is 1. The van der Waals surface area contributed by atoms with Crippen LogP contribution in [-0.4, -0.2) is 16.1 Å². The molecule has 1 saturated carbocycles. The fourth-order valence-corrected chi connectivity index (χ4v) is 3.62. The number of rotatable bonds is 4. The van der Waals surface area contributed by atoms with E-state index in [0.717, 1.165) is 27.9 Å². The van der Waals surface area contributed by atoms with E-state index in [2.05, 4.69) is 28.0 Å². The van der Waals surface area contributed by atoms with E-state index in [4.69, 9.17) is 0 Å². The van der Waals surface area contributed by atoms with Crippen LogP contribution in [0.2, 0.25) is 0 Å². The van der Waals surface area contributed by atoms with E-state index in [1.165, 1.54) is 12.8 Å². The van der Waals surface area contributed by atoms with E-state index in [-0.39, 0.29) is 0 Å². The minimum atomic E-state index is 0.384. The van der Waals surface area contributed by atoms with Crippen LogP contribution < -0.4 is 0 Å². The van der Waals surface area contributed by atoms with Crippen LogP contribution in [0.15, 0.2) is 21.4 Å². The molecule has 0 amide bonds. The summed E-state index contributed by atoms with van der Waals surface area (Å²) in [5.41, 5.74) is 2.45. The number of aldehydes is 1. The lowest BCUT2D eigenvalue weighted by Gasteiger charge is -2.09. The van der Waals surface area contributed by atoms with E-state index in [1.54, 1.807) is 11.3 Å². The molecule has 18 heavy (non-hydrogen) atoms. The lowest BCUT2D eigenvalue weighted by molar-refractivity contribution is 0.112. The third kappa shape index (κ3) is 2.06. The van der Waals surface area contributed by atoms with Crippen LogP contribution >= 0.6 is 27.3 Å². The second-order valence-electron chi connectivity index (χ2n) is 4.74. The highest BCUT2D eigenvalue weighted by Crippen LogP contribution is 2.40. The van der Waals surface area contributed by atoms with Crippen molar-refractivity contribution in [1.29, 1.82) is 0 Å². The summed E-state index contributed by atoms with van der Waals surface area (Å²) < 4.78 is 2.95. The molecule has 3 rings (SSSR count). The fourth-order valence-electron chi connectivity index (χ4n) is 2.16. The molecule has 1 atom stereocenters. The van der Waals surface area contributed by atoms with Gasteiger partial charge in [-0.1, -0.05) is 0 Å². The zero-order valence-corrected chi connectivity index (χ0v) is 12.4. The molecule has 2 aromatic heterocycles. The molecule has 0 spiro atoms. The normalized spacial score (nSPS) is 16.8. The van der Waals surface area contributed by atoms with Gasteiger partial charge in [0, 0.05) is 27.0 Å². The van der Waals surface area contributed by atoms with Crippen LogP contribution in [0, 0.1) is 5.92 Å². The van der Waals surface area contributed by atoms with Gasteiger partial charge in [-0.2, -0.15) is 16.4 Å². The van der Waals surface area contributed by atoms with E-state index in [0.29, 0.717) is 11.6 Å². The van der Waals surface area contributed by atoms with E-state index < -0.39 is 0 Å². The van der Waals surface area contributed by atoms with Crippen molar-refractivity contribution < 1.29 is 4.79 Å². The number of carbonyl (C=O) groups excluding carboxylic acids is 1. The molecule has 5 heteroatoms. The molecule has 0 radical (unpaired) electrons. The third-order valence-corrected chi connectivity index (χ3v) is 5.18. The molecule has 2 aromatic rings. The van der Waals surface area contributed by atoms with Gasteiger partial charge in [0.25, 0.3) is 0 Å². The van der Waals surface area contributed by atoms with Gasteiger partial charge in [0.1, 0.15) is 5.69 Å². The lowest BCUT2D eigenvalue weighted by atomic mass is 10.2. The van der Waals surface area contributed by atoms with Gasteiger partial charge in [-0.25, -0.2) is 0 Å². The Morgan fingerprint density at radius 2 is 2.33 bits per heavy atom. The van der Waals surface area contributed by atoms with Crippen LogP contribution in [0.4, 0.5) is 0 Å². The SMILES string of the molecule is CC(C1CC1)n1cc(C=O)c(-c2cscc2Br)n1. The van der Waals surface area contributed by atoms with Crippen LogP contribution in [-0.2, 0) is 0 Å². The number of nitrogens with zero attached hydrogens (tertiary/aromatic N) is 2. The summed E-state index contributed by atoms with van der Waals surface area (Å²) in [6, 6.07) is 0.384. The van der Waals surface area contributed by atoms with Crippen LogP contribution in [0.1, 0.15) is 36.2 Å². The maximum atomic E-state index is 11.2. The zero-order chi connectivity index (χ0) is 12.7. The quantitative estimate of drug-likeness (QED) is 0.791. The average molecular weight is 325 g/mol. The molecule has 94 valence electrons. The number of hydrogen-bond acceptors (Lipinski definition) is 3. The van der Waals surface area contributed by atoms with Crippen molar-refractivity contribution >= 4 is 33.6 Å². The molecule has 2 heterocycles. The topological polar surface area (TPSA) is 34.9 Å². The van der Waals surface area contributed by atoms with Gasteiger partial charge in [-0.05, 0) is 41.6 Å². The Hall–Kier alpha value is -0.940. The average Bonchev–Trinajstić information content (AvgIpc) is 3.00. The number of carbonyl (C=O) groups is 1. The van der Waals surface area contributed by atoms with E-state index in [9.17, 15) is 4.79 Å². The van der Waals surface area contributed by atoms with Crippen molar-refractivity contribution in [3.63, 3.8) is 0 Å². The lowest BCUT2D eigenvalue weighted by Crippen LogP contribution is -2.07. The minimum Gasteiger partial charge on any atom is -0.298 e. The third-order valence-electron chi connectivity index (χ3n) is 3.48. The molecular weight excluding hydrogens is 312 g/mol. The molecule has 0 N–H and O–H groups in total. The number of thiophene rings is 1. The van der Waals surface area contributed by atoms with Crippen LogP contribution in [0.3, 0.4) is 0 Å². The van der Waals surface area contributed by atoms with Gasteiger partial charge in [0.2, 0.25) is 0 Å². The molecule has 1 aliphatic carbocycles. The maximum Gasteiger partial charge on any atom is 0.153 e. The molecule has 0 aliphatic heterocycles. The molecule has 1 aliphatic rings. The summed E-state index contributed by atoms with van der Waals surface area (Å²) in [5, 5.41) is 8.63. The molecule has 0 saturated heterocycles. The summed E-state index contributed by atoms with van der Waals surface area (Å²) >= 11 is 5.10. The van der Waals surface area contributed by atoms with Crippen LogP contribution in [0.5, 0.6) is 0 Å². The van der Waals surface area contributed by atoms with Gasteiger partial charge in [-0.3, -0.25) is 9.48 Å². The van der Waals surface area contributed by atoms with Crippen molar-refractivity contribution in [2.75, 3.05) is 0 Å². The Bertz CT molecular complexity index is 586. The zero-order valence-electron chi connectivity index (χ0n) is 9.97. The van der Waals surface area contributed by atoms with Crippen molar-refractivity contribution in [3.8, 4) is 11.3 Å². The predicted octanol–water partition coefficient (Wildman–Crippen LogP) is 4.16. The first-order chi connectivity index (χ1) is 8.70. The van der Waals surface area contributed by atoms with Crippen molar-refractivity contribution in [2.24, 2.45) is 5.92 Å². The first-order valence-electron chi connectivity index (χ1n) is 5.97. The highest BCUT2D eigenvalue weighted by atomic mass is 79.9. The summed E-state index contributed by atoms with van der Waals surface area (Å²) in [4.78, 5) is 11.2. The van der Waals surface area contributed by atoms with E-state index >= 15 is 0 Å². The van der Waals surface area contributed by atoms with E-state index in [1.807, 2.05) is 21.6 Å². The Morgan fingerprint density at radius 3 is 2.89 bits per heavy atom. The fraction of sp³-hybridized carbons (Fsp3) is 0.385.